The number of esters is 1. The number of amides is 1. The lowest BCUT2D eigenvalue weighted by Crippen LogP contribution is -2.43. The standard InChI is InChI=1S/C21H23ClN2O5S/c1-14-5-6-15(21(26)29-2)12-19(14)23-20(25)16-4-3-11-24(13-16)30(27,28)18-9-7-17(22)8-10-18/h5-10,12,16H,3-4,11,13H2,1-2H3,(H,23,25)/t16-/m1/s1. The van der Waals surface area contributed by atoms with E-state index in [9.17, 15) is 18.0 Å². The van der Waals surface area contributed by atoms with Crippen LogP contribution in [0.1, 0.15) is 28.8 Å². The summed E-state index contributed by atoms with van der Waals surface area (Å²) in [7, 11) is -2.42. The number of methoxy groups -OCH3 is 1. The first-order valence-corrected chi connectivity index (χ1v) is 11.3. The van der Waals surface area contributed by atoms with Crippen LogP contribution in [0.2, 0.25) is 5.02 Å². The van der Waals surface area contributed by atoms with Crippen LogP contribution in [0.4, 0.5) is 5.69 Å². The Kier molecular flexibility index (Phi) is 6.80. The molecule has 1 fully saturated rings. The van der Waals surface area contributed by atoms with E-state index in [2.05, 4.69) is 5.32 Å². The summed E-state index contributed by atoms with van der Waals surface area (Å²) >= 11 is 5.85. The molecule has 160 valence electrons. The number of ether oxygens (including phenoxy) is 1. The molecule has 0 radical (unpaired) electrons. The van der Waals surface area contributed by atoms with Crippen molar-refractivity contribution >= 4 is 39.2 Å². The molecular formula is C21H23ClN2O5S. The molecule has 1 amide bonds. The van der Waals surface area contributed by atoms with Gasteiger partial charge in [0.2, 0.25) is 15.9 Å². The molecule has 30 heavy (non-hydrogen) atoms. The monoisotopic (exact) mass is 450 g/mol. The Bertz CT molecular complexity index is 1050. The van der Waals surface area contributed by atoms with E-state index in [0.29, 0.717) is 35.7 Å². The molecular weight excluding hydrogens is 428 g/mol. The predicted octanol–water partition coefficient (Wildman–Crippen LogP) is 3.47. The van der Waals surface area contributed by atoms with E-state index in [1.807, 2.05) is 6.92 Å². The highest BCUT2D eigenvalue weighted by molar-refractivity contribution is 7.89. The largest absolute Gasteiger partial charge is 0.465 e. The Morgan fingerprint density at radius 1 is 1.17 bits per heavy atom. The van der Waals surface area contributed by atoms with Gasteiger partial charge in [-0.3, -0.25) is 4.79 Å². The predicted molar refractivity (Wildman–Crippen MR) is 114 cm³/mol. The van der Waals surface area contributed by atoms with E-state index in [4.69, 9.17) is 16.3 Å². The maximum atomic E-state index is 12.9. The minimum absolute atomic E-state index is 0.0898. The summed E-state index contributed by atoms with van der Waals surface area (Å²) in [6, 6.07) is 10.9. The van der Waals surface area contributed by atoms with Gasteiger partial charge in [0.25, 0.3) is 0 Å². The van der Waals surface area contributed by atoms with Gasteiger partial charge in [-0.25, -0.2) is 13.2 Å². The highest BCUT2D eigenvalue weighted by atomic mass is 35.5. The first-order chi connectivity index (χ1) is 14.2. The molecule has 1 aliphatic heterocycles. The number of carbonyl (C=O) groups is 2. The van der Waals surface area contributed by atoms with Gasteiger partial charge in [-0.1, -0.05) is 17.7 Å². The number of anilines is 1. The van der Waals surface area contributed by atoms with Crippen LogP contribution < -0.4 is 5.32 Å². The summed E-state index contributed by atoms with van der Waals surface area (Å²) in [5, 5.41) is 3.29. The van der Waals surface area contributed by atoms with Crippen LogP contribution in [-0.2, 0) is 19.6 Å². The van der Waals surface area contributed by atoms with Crippen molar-refractivity contribution in [2.75, 3.05) is 25.5 Å². The third-order valence-electron chi connectivity index (χ3n) is 5.12. The van der Waals surface area contributed by atoms with Crippen LogP contribution in [0.3, 0.4) is 0 Å². The lowest BCUT2D eigenvalue weighted by atomic mass is 9.98. The highest BCUT2D eigenvalue weighted by Crippen LogP contribution is 2.26. The minimum Gasteiger partial charge on any atom is -0.465 e. The molecule has 2 aromatic rings. The van der Waals surface area contributed by atoms with Crippen LogP contribution >= 0.6 is 11.6 Å². The zero-order chi connectivity index (χ0) is 21.9. The van der Waals surface area contributed by atoms with E-state index in [1.165, 1.54) is 35.7 Å². The number of benzene rings is 2. The van der Waals surface area contributed by atoms with Gasteiger partial charge in [0, 0.05) is 23.8 Å². The fourth-order valence-corrected chi connectivity index (χ4v) is 5.02. The first kappa shape index (κ1) is 22.3. The molecule has 1 N–H and O–H groups in total. The molecule has 7 nitrogen and oxygen atoms in total. The quantitative estimate of drug-likeness (QED) is 0.704. The molecule has 0 saturated carbocycles. The topological polar surface area (TPSA) is 92.8 Å². The molecule has 1 heterocycles. The normalized spacial score (nSPS) is 17.4. The second-order valence-corrected chi connectivity index (χ2v) is 9.54. The molecule has 1 atom stereocenters. The van der Waals surface area contributed by atoms with Crippen LogP contribution in [0.25, 0.3) is 0 Å². The van der Waals surface area contributed by atoms with Gasteiger partial charge in [0.1, 0.15) is 0 Å². The van der Waals surface area contributed by atoms with Crippen LogP contribution in [0, 0.1) is 12.8 Å². The number of sulfonamides is 1. The number of piperidine rings is 1. The van der Waals surface area contributed by atoms with Gasteiger partial charge in [-0.2, -0.15) is 4.31 Å². The number of rotatable bonds is 5. The fraction of sp³-hybridized carbons (Fsp3) is 0.333. The zero-order valence-electron chi connectivity index (χ0n) is 16.7. The fourth-order valence-electron chi connectivity index (χ4n) is 3.37. The molecule has 1 saturated heterocycles. The van der Waals surface area contributed by atoms with Crippen molar-refractivity contribution in [2.24, 2.45) is 5.92 Å². The molecule has 1 aliphatic rings. The average molecular weight is 451 g/mol. The Labute approximate surface area is 181 Å². The van der Waals surface area contributed by atoms with Crippen molar-refractivity contribution in [3.63, 3.8) is 0 Å². The second kappa shape index (κ2) is 9.16. The Balaban J connectivity index is 1.75. The molecule has 0 spiro atoms. The van der Waals surface area contributed by atoms with E-state index in [1.54, 1.807) is 18.2 Å². The highest BCUT2D eigenvalue weighted by Gasteiger charge is 2.33. The average Bonchev–Trinajstić information content (AvgIpc) is 2.75. The maximum absolute atomic E-state index is 12.9. The Morgan fingerprint density at radius 2 is 1.87 bits per heavy atom. The van der Waals surface area contributed by atoms with Gasteiger partial charge in [-0.05, 0) is 61.7 Å². The van der Waals surface area contributed by atoms with Crippen molar-refractivity contribution in [1.29, 1.82) is 0 Å². The van der Waals surface area contributed by atoms with Crippen LogP contribution in [-0.4, -0.2) is 44.8 Å². The van der Waals surface area contributed by atoms with E-state index < -0.39 is 21.9 Å². The number of aryl methyl sites for hydroxylation is 1. The SMILES string of the molecule is COC(=O)c1ccc(C)c(NC(=O)[C@@H]2CCCN(S(=O)(=O)c3ccc(Cl)cc3)C2)c1. The lowest BCUT2D eigenvalue weighted by molar-refractivity contribution is -0.120. The minimum atomic E-state index is -3.71. The number of hydrogen-bond donors (Lipinski definition) is 1. The summed E-state index contributed by atoms with van der Waals surface area (Å²) < 4.78 is 31.9. The number of nitrogens with one attached hydrogen (secondary N) is 1. The molecule has 0 aliphatic carbocycles. The van der Waals surface area contributed by atoms with Gasteiger partial charge in [0.15, 0.2) is 0 Å². The number of carbonyl (C=O) groups excluding carboxylic acids is 2. The lowest BCUT2D eigenvalue weighted by Gasteiger charge is -2.31. The van der Waals surface area contributed by atoms with Gasteiger partial charge >= 0.3 is 5.97 Å². The van der Waals surface area contributed by atoms with E-state index >= 15 is 0 Å². The number of hydrogen-bond acceptors (Lipinski definition) is 5. The smallest absolute Gasteiger partial charge is 0.337 e. The van der Waals surface area contributed by atoms with Crippen molar-refractivity contribution < 1.29 is 22.7 Å². The van der Waals surface area contributed by atoms with Crippen molar-refractivity contribution in [3.05, 3.63) is 58.6 Å². The number of nitrogens with zero attached hydrogens (tertiary/aromatic N) is 1. The molecule has 0 unspecified atom stereocenters. The van der Waals surface area contributed by atoms with E-state index in [-0.39, 0.29) is 17.3 Å². The van der Waals surface area contributed by atoms with Crippen molar-refractivity contribution in [2.45, 2.75) is 24.7 Å². The molecule has 0 aromatic heterocycles. The molecule has 9 heteroatoms. The van der Waals surface area contributed by atoms with Crippen LogP contribution in [0.15, 0.2) is 47.4 Å². The summed E-state index contributed by atoms with van der Waals surface area (Å²) in [6.45, 7) is 2.26. The van der Waals surface area contributed by atoms with Crippen LogP contribution in [0.5, 0.6) is 0 Å². The summed E-state index contributed by atoms with van der Waals surface area (Å²) in [6.07, 6.45) is 1.15. The van der Waals surface area contributed by atoms with Crippen molar-refractivity contribution in [1.82, 2.24) is 4.31 Å². The van der Waals surface area contributed by atoms with Crippen molar-refractivity contribution in [3.8, 4) is 0 Å². The molecule has 0 bridgehead atoms. The van der Waals surface area contributed by atoms with Gasteiger partial charge in [0.05, 0.1) is 23.5 Å². The molecule has 2 aromatic carbocycles. The summed E-state index contributed by atoms with van der Waals surface area (Å²) in [4.78, 5) is 24.8. The zero-order valence-corrected chi connectivity index (χ0v) is 18.3. The van der Waals surface area contributed by atoms with E-state index in [0.717, 1.165) is 5.56 Å². The van der Waals surface area contributed by atoms with Gasteiger partial charge < -0.3 is 10.1 Å². The third kappa shape index (κ3) is 4.83. The Morgan fingerprint density at radius 3 is 2.53 bits per heavy atom. The Hall–Kier alpha value is -2.42. The molecule has 3 rings (SSSR count). The first-order valence-electron chi connectivity index (χ1n) is 9.48. The summed E-state index contributed by atoms with van der Waals surface area (Å²) in [5.41, 5.74) is 1.62. The third-order valence-corrected chi connectivity index (χ3v) is 7.25. The maximum Gasteiger partial charge on any atom is 0.337 e. The second-order valence-electron chi connectivity index (χ2n) is 7.17. The summed E-state index contributed by atoms with van der Waals surface area (Å²) in [5.74, 6) is -1.28. The van der Waals surface area contributed by atoms with Gasteiger partial charge in [-0.15, -0.1) is 0 Å². The number of halogens is 1.